The molecule has 0 amide bonds. The zero-order valence-corrected chi connectivity index (χ0v) is 9.68. The lowest BCUT2D eigenvalue weighted by atomic mass is 10.5. The van der Waals surface area contributed by atoms with Crippen LogP contribution in [0.4, 0.5) is 5.82 Å². The first-order valence-electron chi connectivity index (χ1n) is 4.22. The number of rotatable bonds is 3. The zero-order chi connectivity index (χ0) is 10.2. The lowest BCUT2D eigenvalue weighted by molar-refractivity contribution is 0.599. The number of nitrogens with zero attached hydrogens (tertiary/aromatic N) is 1. The van der Waals surface area contributed by atoms with Crippen LogP contribution in [0.2, 0.25) is 0 Å². The molecular formula is C8H9BrN2O2S. The molecule has 1 aliphatic rings. The number of sulfonamides is 1. The average molecular weight is 277 g/mol. The van der Waals surface area contributed by atoms with Crippen LogP contribution in [0.25, 0.3) is 0 Å². The van der Waals surface area contributed by atoms with E-state index in [2.05, 4.69) is 25.6 Å². The largest absolute Gasteiger partial charge is 0.266 e. The Balaban J connectivity index is 2.22. The van der Waals surface area contributed by atoms with E-state index < -0.39 is 10.0 Å². The summed E-state index contributed by atoms with van der Waals surface area (Å²) in [6.45, 7) is 0. The Morgan fingerprint density at radius 1 is 1.50 bits per heavy atom. The lowest BCUT2D eigenvalue weighted by Crippen LogP contribution is -2.18. The molecule has 0 aromatic carbocycles. The van der Waals surface area contributed by atoms with Gasteiger partial charge in [0, 0.05) is 6.20 Å². The summed E-state index contributed by atoms with van der Waals surface area (Å²) >= 11 is 3.23. The summed E-state index contributed by atoms with van der Waals surface area (Å²) in [7, 11) is -3.21. The molecule has 2 rings (SSSR count). The molecule has 1 saturated carbocycles. The second-order valence-electron chi connectivity index (χ2n) is 3.18. The van der Waals surface area contributed by atoms with E-state index in [1.165, 1.54) is 0 Å². The molecule has 0 bridgehead atoms. The molecule has 0 unspecified atom stereocenters. The molecule has 14 heavy (non-hydrogen) atoms. The maximum atomic E-state index is 11.5. The monoisotopic (exact) mass is 276 g/mol. The third kappa shape index (κ3) is 2.06. The molecule has 1 heterocycles. The van der Waals surface area contributed by atoms with Crippen molar-refractivity contribution in [3.8, 4) is 0 Å². The fourth-order valence-electron chi connectivity index (χ4n) is 1.06. The lowest BCUT2D eigenvalue weighted by Gasteiger charge is -2.06. The Bertz CT molecular complexity index is 442. The SMILES string of the molecule is O=S(=O)(Nc1ncccc1Br)C1CC1. The van der Waals surface area contributed by atoms with Crippen LogP contribution in [0, 0.1) is 0 Å². The fraction of sp³-hybridized carbons (Fsp3) is 0.375. The van der Waals surface area contributed by atoms with E-state index >= 15 is 0 Å². The highest BCUT2D eigenvalue weighted by molar-refractivity contribution is 9.10. The Labute approximate surface area is 90.9 Å². The van der Waals surface area contributed by atoms with Gasteiger partial charge in [0.15, 0.2) is 5.82 Å². The predicted octanol–water partition coefficient (Wildman–Crippen LogP) is 1.75. The molecule has 1 N–H and O–H groups in total. The van der Waals surface area contributed by atoms with Crippen molar-refractivity contribution in [2.45, 2.75) is 18.1 Å². The number of nitrogens with one attached hydrogen (secondary N) is 1. The first-order chi connectivity index (χ1) is 6.59. The molecule has 4 nitrogen and oxygen atoms in total. The number of anilines is 1. The van der Waals surface area contributed by atoms with Crippen molar-refractivity contribution in [1.82, 2.24) is 4.98 Å². The third-order valence-corrected chi connectivity index (χ3v) is 4.43. The predicted molar refractivity (Wildman–Crippen MR) is 57.5 cm³/mol. The molecule has 1 fully saturated rings. The van der Waals surface area contributed by atoms with Gasteiger partial charge in [0.25, 0.3) is 0 Å². The zero-order valence-electron chi connectivity index (χ0n) is 7.27. The number of aromatic nitrogens is 1. The van der Waals surface area contributed by atoms with Crippen LogP contribution in [0.15, 0.2) is 22.8 Å². The minimum Gasteiger partial charge on any atom is -0.266 e. The van der Waals surface area contributed by atoms with Crippen LogP contribution in [-0.4, -0.2) is 18.7 Å². The van der Waals surface area contributed by atoms with Gasteiger partial charge in [-0.15, -0.1) is 0 Å². The van der Waals surface area contributed by atoms with Gasteiger partial charge in [0.2, 0.25) is 10.0 Å². The first kappa shape index (κ1) is 9.92. The molecule has 0 atom stereocenters. The fourth-order valence-corrected chi connectivity index (χ4v) is 2.90. The molecule has 0 spiro atoms. The Kier molecular flexibility index (Phi) is 2.48. The van der Waals surface area contributed by atoms with E-state index in [1.807, 2.05) is 0 Å². The van der Waals surface area contributed by atoms with E-state index in [0.717, 1.165) is 12.8 Å². The molecule has 1 aromatic heterocycles. The molecule has 76 valence electrons. The second-order valence-corrected chi connectivity index (χ2v) is 6.00. The van der Waals surface area contributed by atoms with Gasteiger partial charge < -0.3 is 0 Å². The highest BCUT2D eigenvalue weighted by atomic mass is 79.9. The molecular weight excluding hydrogens is 268 g/mol. The Morgan fingerprint density at radius 3 is 2.79 bits per heavy atom. The van der Waals surface area contributed by atoms with E-state index in [1.54, 1.807) is 18.3 Å². The molecule has 1 aromatic rings. The van der Waals surface area contributed by atoms with E-state index in [9.17, 15) is 8.42 Å². The van der Waals surface area contributed by atoms with E-state index in [4.69, 9.17) is 0 Å². The second kappa shape index (κ2) is 3.51. The molecule has 0 saturated heterocycles. The summed E-state index contributed by atoms with van der Waals surface area (Å²) in [6, 6.07) is 3.48. The van der Waals surface area contributed by atoms with Crippen molar-refractivity contribution in [1.29, 1.82) is 0 Å². The van der Waals surface area contributed by atoms with Crippen LogP contribution in [0.3, 0.4) is 0 Å². The topological polar surface area (TPSA) is 59.1 Å². The highest BCUT2D eigenvalue weighted by Crippen LogP contribution is 2.30. The minimum atomic E-state index is -3.21. The van der Waals surface area contributed by atoms with E-state index in [-0.39, 0.29) is 5.25 Å². The summed E-state index contributed by atoms with van der Waals surface area (Å²) in [4.78, 5) is 3.94. The summed E-state index contributed by atoms with van der Waals surface area (Å²) in [6.07, 6.45) is 3.05. The number of hydrogen-bond donors (Lipinski definition) is 1. The van der Waals surface area contributed by atoms with Crippen molar-refractivity contribution < 1.29 is 8.42 Å². The van der Waals surface area contributed by atoms with Gasteiger partial charge in [-0.3, -0.25) is 4.72 Å². The van der Waals surface area contributed by atoms with Crippen LogP contribution in [0.1, 0.15) is 12.8 Å². The van der Waals surface area contributed by atoms with Crippen LogP contribution >= 0.6 is 15.9 Å². The maximum absolute atomic E-state index is 11.5. The van der Waals surface area contributed by atoms with Gasteiger partial charge in [0.1, 0.15) is 0 Å². The molecule has 0 aliphatic heterocycles. The van der Waals surface area contributed by atoms with Crippen molar-refractivity contribution in [2.75, 3.05) is 4.72 Å². The third-order valence-electron chi connectivity index (χ3n) is 1.96. The average Bonchev–Trinajstić information content (AvgIpc) is 2.91. The van der Waals surface area contributed by atoms with Gasteiger partial charge in [-0.25, -0.2) is 13.4 Å². The molecule has 0 radical (unpaired) electrons. The van der Waals surface area contributed by atoms with Crippen molar-refractivity contribution in [3.63, 3.8) is 0 Å². The first-order valence-corrected chi connectivity index (χ1v) is 6.56. The maximum Gasteiger partial charge on any atom is 0.236 e. The van der Waals surface area contributed by atoms with Gasteiger partial charge >= 0.3 is 0 Å². The molecule has 1 aliphatic carbocycles. The standard InChI is InChI=1S/C8H9BrN2O2S/c9-7-2-1-5-10-8(7)11-14(12,13)6-3-4-6/h1-2,5-6H,3-4H2,(H,10,11). The smallest absolute Gasteiger partial charge is 0.236 e. The summed E-state index contributed by atoms with van der Waals surface area (Å²) in [5, 5.41) is -0.226. The van der Waals surface area contributed by atoms with Crippen LogP contribution in [-0.2, 0) is 10.0 Å². The summed E-state index contributed by atoms with van der Waals surface area (Å²) in [5.74, 6) is 0.361. The molecule has 6 heteroatoms. The van der Waals surface area contributed by atoms with Gasteiger partial charge in [-0.05, 0) is 40.9 Å². The summed E-state index contributed by atoms with van der Waals surface area (Å²) in [5.41, 5.74) is 0. The van der Waals surface area contributed by atoms with Crippen LogP contribution in [0.5, 0.6) is 0 Å². The summed E-state index contributed by atoms with van der Waals surface area (Å²) < 4.78 is 26.2. The number of hydrogen-bond acceptors (Lipinski definition) is 3. The number of pyridine rings is 1. The Morgan fingerprint density at radius 2 is 2.21 bits per heavy atom. The van der Waals surface area contributed by atoms with Crippen molar-refractivity contribution in [2.24, 2.45) is 0 Å². The van der Waals surface area contributed by atoms with Gasteiger partial charge in [-0.2, -0.15) is 0 Å². The highest BCUT2D eigenvalue weighted by Gasteiger charge is 2.36. The Hall–Kier alpha value is -0.620. The van der Waals surface area contributed by atoms with Gasteiger partial charge in [-0.1, -0.05) is 0 Å². The van der Waals surface area contributed by atoms with E-state index in [0.29, 0.717) is 10.3 Å². The van der Waals surface area contributed by atoms with Crippen molar-refractivity contribution >= 4 is 31.8 Å². The number of halogens is 1. The van der Waals surface area contributed by atoms with Gasteiger partial charge in [0.05, 0.1) is 9.72 Å². The normalized spacial score (nSPS) is 16.6. The van der Waals surface area contributed by atoms with Crippen molar-refractivity contribution in [3.05, 3.63) is 22.8 Å². The minimum absolute atomic E-state index is 0.226. The quantitative estimate of drug-likeness (QED) is 0.915. The van der Waals surface area contributed by atoms with Crippen LogP contribution < -0.4 is 4.72 Å².